The van der Waals surface area contributed by atoms with Crippen molar-refractivity contribution < 1.29 is 9.53 Å². The molecule has 0 spiro atoms. The summed E-state index contributed by atoms with van der Waals surface area (Å²) in [5.74, 6) is 0. The van der Waals surface area contributed by atoms with E-state index in [9.17, 15) is 4.79 Å². The fourth-order valence-electron chi connectivity index (χ4n) is 2.13. The Morgan fingerprint density at radius 1 is 1.50 bits per heavy atom. The Labute approximate surface area is 119 Å². The summed E-state index contributed by atoms with van der Waals surface area (Å²) in [6.45, 7) is 7.52. The summed E-state index contributed by atoms with van der Waals surface area (Å²) >= 11 is 0. The van der Waals surface area contributed by atoms with Crippen LogP contribution in [0.5, 0.6) is 0 Å². The monoisotopic (exact) mass is 278 g/mol. The van der Waals surface area contributed by atoms with E-state index in [2.05, 4.69) is 10.3 Å². The van der Waals surface area contributed by atoms with Gasteiger partial charge in [-0.25, -0.2) is 4.79 Å². The third kappa shape index (κ3) is 3.84. The number of nitrogens with two attached hydrogens (primary N) is 1. The van der Waals surface area contributed by atoms with Crippen LogP contribution >= 0.6 is 0 Å². The fourth-order valence-corrected chi connectivity index (χ4v) is 2.13. The maximum Gasteiger partial charge on any atom is 0.410 e. The topological polar surface area (TPSA) is 80.5 Å². The molecule has 1 atom stereocenters. The summed E-state index contributed by atoms with van der Waals surface area (Å²) in [5.41, 5.74) is 6.88. The van der Waals surface area contributed by atoms with E-state index in [1.165, 1.54) is 0 Å². The minimum Gasteiger partial charge on any atom is -0.444 e. The van der Waals surface area contributed by atoms with E-state index < -0.39 is 5.60 Å². The molecule has 1 aromatic heterocycles. The Balaban J connectivity index is 2.03. The van der Waals surface area contributed by atoms with Gasteiger partial charge in [-0.15, -0.1) is 0 Å². The molecule has 1 amide bonds. The van der Waals surface area contributed by atoms with E-state index in [0.29, 0.717) is 18.8 Å². The molecule has 1 aliphatic rings. The molecule has 0 saturated carbocycles. The summed E-state index contributed by atoms with van der Waals surface area (Å²) in [7, 11) is 0. The van der Waals surface area contributed by atoms with Crippen LogP contribution in [0.15, 0.2) is 18.5 Å². The quantitative estimate of drug-likeness (QED) is 0.814. The minimum absolute atomic E-state index is 0.0345. The highest BCUT2D eigenvalue weighted by atomic mass is 16.6. The first kappa shape index (κ1) is 14.6. The summed E-state index contributed by atoms with van der Waals surface area (Å²) in [4.78, 5) is 17.9. The van der Waals surface area contributed by atoms with Gasteiger partial charge in [0, 0.05) is 32.0 Å². The number of nitrogen functional groups attached to an aromatic ring is 1. The van der Waals surface area contributed by atoms with Crippen LogP contribution in [0.25, 0.3) is 0 Å². The van der Waals surface area contributed by atoms with E-state index in [1.54, 1.807) is 17.3 Å². The van der Waals surface area contributed by atoms with Gasteiger partial charge in [-0.1, -0.05) is 0 Å². The van der Waals surface area contributed by atoms with Crippen molar-refractivity contribution in [3.05, 3.63) is 24.0 Å². The number of hydrogen-bond acceptors (Lipinski definition) is 5. The average Bonchev–Trinajstić information content (AvgIpc) is 2.37. The highest BCUT2D eigenvalue weighted by molar-refractivity contribution is 5.68. The van der Waals surface area contributed by atoms with Crippen LogP contribution in [0, 0.1) is 0 Å². The molecule has 3 N–H and O–H groups in total. The molecule has 0 aliphatic carbocycles. The lowest BCUT2D eigenvalue weighted by Gasteiger charge is -2.35. The third-order valence-corrected chi connectivity index (χ3v) is 3.01. The predicted molar refractivity (Wildman–Crippen MR) is 77.2 cm³/mol. The number of amides is 1. The van der Waals surface area contributed by atoms with Gasteiger partial charge in [0.2, 0.25) is 0 Å². The first-order chi connectivity index (χ1) is 9.35. The molecule has 1 aromatic rings. The van der Waals surface area contributed by atoms with Crippen LogP contribution < -0.4 is 11.1 Å². The zero-order valence-corrected chi connectivity index (χ0v) is 12.2. The molecule has 2 rings (SSSR count). The molecule has 110 valence electrons. The number of carbonyl (C=O) groups is 1. The summed E-state index contributed by atoms with van der Waals surface area (Å²) < 4.78 is 5.40. The van der Waals surface area contributed by atoms with Gasteiger partial charge in [-0.2, -0.15) is 0 Å². The number of anilines is 1. The Hall–Kier alpha value is -1.82. The zero-order chi connectivity index (χ0) is 14.8. The summed E-state index contributed by atoms with van der Waals surface area (Å²) in [6.07, 6.45) is 3.10. The van der Waals surface area contributed by atoms with Crippen LogP contribution in [0.4, 0.5) is 10.5 Å². The second-order valence-electron chi connectivity index (χ2n) is 5.98. The smallest absolute Gasteiger partial charge is 0.410 e. The standard InChI is InChI=1S/C14H22N4O2/c1-14(2,3)20-13(19)18-5-4-17-12(9-18)10-6-11(15)8-16-7-10/h6-8,12,17H,4-5,9,15H2,1-3H3. The van der Waals surface area contributed by atoms with Gasteiger partial charge >= 0.3 is 6.09 Å². The van der Waals surface area contributed by atoms with Crippen LogP contribution in [0.3, 0.4) is 0 Å². The molecule has 1 fully saturated rings. The van der Waals surface area contributed by atoms with Crippen LogP contribution in [0.2, 0.25) is 0 Å². The van der Waals surface area contributed by atoms with Crippen molar-refractivity contribution >= 4 is 11.8 Å². The second kappa shape index (κ2) is 5.66. The molecule has 6 nitrogen and oxygen atoms in total. The second-order valence-corrected chi connectivity index (χ2v) is 5.98. The van der Waals surface area contributed by atoms with Crippen molar-refractivity contribution in [1.82, 2.24) is 15.2 Å². The maximum absolute atomic E-state index is 12.1. The van der Waals surface area contributed by atoms with Crippen LogP contribution in [-0.4, -0.2) is 41.2 Å². The maximum atomic E-state index is 12.1. The number of pyridine rings is 1. The SMILES string of the molecule is CC(C)(C)OC(=O)N1CCNC(c2cncc(N)c2)C1. The van der Waals surface area contributed by atoms with Crippen molar-refractivity contribution in [2.24, 2.45) is 0 Å². The molecule has 1 aliphatic heterocycles. The minimum atomic E-state index is -0.476. The van der Waals surface area contributed by atoms with E-state index >= 15 is 0 Å². The highest BCUT2D eigenvalue weighted by Gasteiger charge is 2.28. The van der Waals surface area contributed by atoms with Crippen molar-refractivity contribution in [3.8, 4) is 0 Å². The lowest BCUT2D eigenvalue weighted by atomic mass is 10.1. The van der Waals surface area contributed by atoms with Crippen molar-refractivity contribution in [1.29, 1.82) is 0 Å². The number of hydrogen-bond donors (Lipinski definition) is 2. The van der Waals surface area contributed by atoms with Gasteiger partial charge in [0.15, 0.2) is 0 Å². The number of aromatic nitrogens is 1. The lowest BCUT2D eigenvalue weighted by Crippen LogP contribution is -2.49. The third-order valence-electron chi connectivity index (χ3n) is 3.01. The van der Waals surface area contributed by atoms with Gasteiger partial charge in [0.1, 0.15) is 5.60 Å². The van der Waals surface area contributed by atoms with Gasteiger partial charge < -0.3 is 20.7 Å². The molecular weight excluding hydrogens is 256 g/mol. The van der Waals surface area contributed by atoms with E-state index in [-0.39, 0.29) is 12.1 Å². The van der Waals surface area contributed by atoms with Crippen molar-refractivity contribution in [3.63, 3.8) is 0 Å². The number of nitrogens with one attached hydrogen (secondary N) is 1. The molecule has 6 heteroatoms. The van der Waals surface area contributed by atoms with E-state index in [4.69, 9.17) is 10.5 Å². The fraction of sp³-hybridized carbons (Fsp3) is 0.571. The number of ether oxygens (including phenoxy) is 1. The summed E-state index contributed by atoms with van der Waals surface area (Å²) in [6, 6.07) is 1.91. The normalized spacial score (nSPS) is 19.8. The molecule has 0 aromatic carbocycles. The van der Waals surface area contributed by atoms with E-state index in [1.807, 2.05) is 26.8 Å². The first-order valence-corrected chi connectivity index (χ1v) is 6.77. The predicted octanol–water partition coefficient (Wildman–Crippen LogP) is 1.55. The molecule has 0 bridgehead atoms. The van der Waals surface area contributed by atoms with Gasteiger partial charge in [-0.05, 0) is 32.4 Å². The largest absolute Gasteiger partial charge is 0.444 e. The number of rotatable bonds is 1. The van der Waals surface area contributed by atoms with Gasteiger partial charge in [0.25, 0.3) is 0 Å². The van der Waals surface area contributed by atoms with Gasteiger partial charge in [0.05, 0.1) is 11.7 Å². The highest BCUT2D eigenvalue weighted by Crippen LogP contribution is 2.20. The molecule has 0 radical (unpaired) electrons. The number of piperazine rings is 1. The van der Waals surface area contributed by atoms with Crippen molar-refractivity contribution in [2.75, 3.05) is 25.4 Å². The van der Waals surface area contributed by atoms with Crippen molar-refractivity contribution in [2.45, 2.75) is 32.4 Å². The first-order valence-electron chi connectivity index (χ1n) is 6.77. The van der Waals surface area contributed by atoms with Crippen LogP contribution in [0.1, 0.15) is 32.4 Å². The molecule has 1 saturated heterocycles. The lowest BCUT2D eigenvalue weighted by molar-refractivity contribution is 0.0195. The Morgan fingerprint density at radius 2 is 2.25 bits per heavy atom. The molecular formula is C14H22N4O2. The average molecular weight is 278 g/mol. The van der Waals surface area contributed by atoms with Gasteiger partial charge in [-0.3, -0.25) is 4.98 Å². The molecule has 1 unspecified atom stereocenters. The number of nitrogens with zero attached hydrogens (tertiary/aromatic N) is 2. The molecule has 20 heavy (non-hydrogen) atoms. The Kier molecular flexibility index (Phi) is 4.13. The zero-order valence-electron chi connectivity index (χ0n) is 12.2. The molecule has 2 heterocycles. The van der Waals surface area contributed by atoms with E-state index in [0.717, 1.165) is 12.1 Å². The van der Waals surface area contributed by atoms with Crippen LogP contribution in [-0.2, 0) is 4.74 Å². The Bertz CT molecular complexity index is 484. The number of carbonyl (C=O) groups excluding carboxylic acids is 1. The summed E-state index contributed by atoms with van der Waals surface area (Å²) in [5, 5.41) is 3.37. The Morgan fingerprint density at radius 3 is 2.90 bits per heavy atom.